The zero-order valence-electron chi connectivity index (χ0n) is 11.1. The minimum atomic E-state index is -0.934. The van der Waals surface area contributed by atoms with Gasteiger partial charge in [0.1, 0.15) is 5.69 Å². The number of carbonyl (C=O) groups is 1. The van der Waals surface area contributed by atoms with Gasteiger partial charge in [0.15, 0.2) is 0 Å². The van der Waals surface area contributed by atoms with Crippen molar-refractivity contribution in [3.63, 3.8) is 0 Å². The maximum atomic E-state index is 11.6. The first-order chi connectivity index (χ1) is 10.3. The minimum Gasteiger partial charge on any atom is -0.477 e. The van der Waals surface area contributed by atoms with Gasteiger partial charge in [0.05, 0.1) is 11.2 Å². The minimum absolute atomic E-state index is 0.265. The Morgan fingerprint density at radius 1 is 1.05 bits per heavy atom. The van der Waals surface area contributed by atoms with E-state index in [1.54, 1.807) is 10.6 Å². The Bertz CT molecular complexity index is 979. The molecule has 4 nitrogen and oxygen atoms in total. The first-order valence-corrected chi connectivity index (χ1v) is 6.66. The number of aromatic nitrogens is 2. The zero-order chi connectivity index (χ0) is 14.4. The van der Waals surface area contributed by atoms with Crippen molar-refractivity contribution in [2.24, 2.45) is 0 Å². The summed E-state index contributed by atoms with van der Waals surface area (Å²) in [6.07, 6.45) is 1.85. The first kappa shape index (κ1) is 11.8. The van der Waals surface area contributed by atoms with E-state index in [-0.39, 0.29) is 5.69 Å². The lowest BCUT2D eigenvalue weighted by Gasteiger charge is -2.07. The van der Waals surface area contributed by atoms with Crippen molar-refractivity contribution in [2.45, 2.75) is 0 Å². The van der Waals surface area contributed by atoms with Gasteiger partial charge in [-0.15, -0.1) is 0 Å². The molecule has 0 radical (unpaired) electrons. The number of benzene rings is 2. The van der Waals surface area contributed by atoms with Gasteiger partial charge >= 0.3 is 5.97 Å². The molecule has 4 heteroatoms. The van der Waals surface area contributed by atoms with Crippen LogP contribution in [0.25, 0.3) is 27.5 Å². The number of nitrogens with zero attached hydrogens (tertiary/aromatic N) is 1. The van der Waals surface area contributed by atoms with E-state index in [0.717, 1.165) is 27.5 Å². The normalized spacial score (nSPS) is 11.2. The van der Waals surface area contributed by atoms with E-state index in [9.17, 15) is 9.90 Å². The molecule has 0 unspecified atom stereocenters. The Morgan fingerprint density at radius 2 is 1.81 bits per heavy atom. The van der Waals surface area contributed by atoms with Gasteiger partial charge in [-0.1, -0.05) is 36.4 Å². The number of carboxylic acid groups (broad SMARTS) is 1. The van der Waals surface area contributed by atoms with Crippen LogP contribution in [-0.2, 0) is 0 Å². The molecule has 0 saturated heterocycles. The molecule has 0 amide bonds. The highest BCUT2D eigenvalue weighted by Crippen LogP contribution is 2.29. The Balaban J connectivity index is 2.14. The molecular formula is C17H12N2O2. The summed E-state index contributed by atoms with van der Waals surface area (Å²) in [7, 11) is 0. The average molecular weight is 276 g/mol. The van der Waals surface area contributed by atoms with Gasteiger partial charge in [0.2, 0.25) is 0 Å². The summed E-state index contributed by atoms with van der Waals surface area (Å²) in [6, 6.07) is 17.3. The van der Waals surface area contributed by atoms with E-state index in [0.29, 0.717) is 0 Å². The van der Waals surface area contributed by atoms with Gasteiger partial charge in [0.25, 0.3) is 0 Å². The fourth-order valence-electron chi connectivity index (χ4n) is 2.81. The smallest absolute Gasteiger partial charge is 0.352 e. The number of nitrogens with one attached hydrogen (secondary N) is 1. The third-order valence-electron chi connectivity index (χ3n) is 3.74. The summed E-state index contributed by atoms with van der Waals surface area (Å²) < 4.78 is 1.79. The standard InChI is InChI=1S/C17H12N2O2/c20-17(21)15-9-11-5-1-4-8-14(11)19(15)16-10-18-13-7-3-2-6-12(13)16/h1-10,18H,(H,20,21). The zero-order valence-corrected chi connectivity index (χ0v) is 11.1. The number of aromatic carboxylic acids is 1. The summed E-state index contributed by atoms with van der Waals surface area (Å²) in [4.78, 5) is 14.8. The predicted octanol–water partition coefficient (Wildman–Crippen LogP) is 3.81. The molecular weight excluding hydrogens is 264 g/mol. The molecule has 4 rings (SSSR count). The van der Waals surface area contributed by atoms with E-state index < -0.39 is 5.97 Å². The van der Waals surface area contributed by atoms with Crippen LogP contribution in [0.15, 0.2) is 60.8 Å². The number of hydrogen-bond donors (Lipinski definition) is 2. The quantitative estimate of drug-likeness (QED) is 0.585. The van der Waals surface area contributed by atoms with Gasteiger partial charge in [0, 0.05) is 22.5 Å². The van der Waals surface area contributed by atoms with Crippen LogP contribution in [-0.4, -0.2) is 20.6 Å². The maximum absolute atomic E-state index is 11.6. The number of rotatable bonds is 2. The molecule has 2 N–H and O–H groups in total. The monoisotopic (exact) mass is 276 g/mol. The molecule has 0 fully saturated rings. The van der Waals surface area contributed by atoms with E-state index >= 15 is 0 Å². The second kappa shape index (κ2) is 4.24. The Hall–Kier alpha value is -3.01. The van der Waals surface area contributed by atoms with Crippen LogP contribution >= 0.6 is 0 Å². The van der Waals surface area contributed by atoms with Crippen molar-refractivity contribution >= 4 is 27.8 Å². The van der Waals surface area contributed by atoms with E-state index in [4.69, 9.17) is 0 Å². The van der Waals surface area contributed by atoms with Crippen molar-refractivity contribution in [3.8, 4) is 5.69 Å². The Labute approximate surface area is 120 Å². The molecule has 102 valence electrons. The van der Waals surface area contributed by atoms with E-state index in [2.05, 4.69) is 4.98 Å². The van der Waals surface area contributed by atoms with Crippen molar-refractivity contribution in [2.75, 3.05) is 0 Å². The number of para-hydroxylation sites is 2. The van der Waals surface area contributed by atoms with Crippen LogP contribution in [0, 0.1) is 0 Å². The van der Waals surface area contributed by atoms with Crippen molar-refractivity contribution < 1.29 is 9.90 Å². The predicted molar refractivity (Wildman–Crippen MR) is 82.1 cm³/mol. The number of hydrogen-bond acceptors (Lipinski definition) is 1. The number of H-pyrrole nitrogens is 1. The SMILES string of the molecule is O=C(O)c1cc2ccccc2n1-c1c[nH]c2ccccc12. The van der Waals surface area contributed by atoms with E-state index in [1.165, 1.54) is 0 Å². The van der Waals surface area contributed by atoms with Crippen molar-refractivity contribution in [1.29, 1.82) is 0 Å². The molecule has 0 bridgehead atoms. The molecule has 0 spiro atoms. The molecule has 0 aliphatic heterocycles. The Morgan fingerprint density at radius 3 is 2.67 bits per heavy atom. The topological polar surface area (TPSA) is 58.0 Å². The molecule has 4 aromatic rings. The van der Waals surface area contributed by atoms with Crippen LogP contribution < -0.4 is 0 Å². The molecule has 0 aliphatic carbocycles. The molecule has 21 heavy (non-hydrogen) atoms. The largest absolute Gasteiger partial charge is 0.477 e. The van der Waals surface area contributed by atoms with Gasteiger partial charge in [-0.25, -0.2) is 4.79 Å². The molecule has 0 saturated carbocycles. The molecule has 0 aliphatic rings. The summed E-state index contributed by atoms with van der Waals surface area (Å²) in [5.74, 6) is -0.934. The number of fused-ring (bicyclic) bond motifs is 2. The fraction of sp³-hybridized carbons (Fsp3) is 0. The summed E-state index contributed by atoms with van der Waals surface area (Å²) in [5.41, 5.74) is 2.99. The van der Waals surface area contributed by atoms with Crippen LogP contribution in [0.2, 0.25) is 0 Å². The van der Waals surface area contributed by atoms with Crippen molar-refractivity contribution in [1.82, 2.24) is 9.55 Å². The lowest BCUT2D eigenvalue weighted by molar-refractivity contribution is 0.0688. The molecule has 2 aromatic carbocycles. The van der Waals surface area contributed by atoms with Crippen LogP contribution in [0.3, 0.4) is 0 Å². The fourth-order valence-corrected chi connectivity index (χ4v) is 2.81. The molecule has 2 aromatic heterocycles. The lowest BCUT2D eigenvalue weighted by atomic mass is 10.2. The average Bonchev–Trinajstić information content (AvgIpc) is 3.07. The van der Waals surface area contributed by atoms with Gasteiger partial charge in [-0.3, -0.25) is 0 Å². The van der Waals surface area contributed by atoms with Crippen LogP contribution in [0.1, 0.15) is 10.5 Å². The van der Waals surface area contributed by atoms with Gasteiger partial charge in [-0.05, 0) is 18.2 Å². The van der Waals surface area contributed by atoms with E-state index in [1.807, 2.05) is 54.7 Å². The Kier molecular flexibility index (Phi) is 2.38. The van der Waals surface area contributed by atoms with Crippen molar-refractivity contribution in [3.05, 3.63) is 66.5 Å². The third kappa shape index (κ3) is 1.66. The second-order valence-corrected chi connectivity index (χ2v) is 4.95. The third-order valence-corrected chi connectivity index (χ3v) is 3.74. The van der Waals surface area contributed by atoms with Crippen LogP contribution in [0.5, 0.6) is 0 Å². The molecule has 2 heterocycles. The van der Waals surface area contributed by atoms with Crippen LogP contribution in [0.4, 0.5) is 0 Å². The summed E-state index contributed by atoms with van der Waals surface area (Å²) in [5, 5.41) is 11.4. The second-order valence-electron chi connectivity index (χ2n) is 4.95. The van der Waals surface area contributed by atoms with Gasteiger partial charge in [-0.2, -0.15) is 0 Å². The first-order valence-electron chi connectivity index (χ1n) is 6.66. The molecule has 0 atom stereocenters. The highest BCUT2D eigenvalue weighted by Gasteiger charge is 2.17. The summed E-state index contributed by atoms with van der Waals surface area (Å²) >= 11 is 0. The maximum Gasteiger partial charge on any atom is 0.352 e. The highest BCUT2D eigenvalue weighted by atomic mass is 16.4. The number of carboxylic acids is 1. The summed E-state index contributed by atoms with van der Waals surface area (Å²) in [6.45, 7) is 0. The highest BCUT2D eigenvalue weighted by molar-refractivity contribution is 5.99. The number of aromatic amines is 1. The van der Waals surface area contributed by atoms with Gasteiger partial charge < -0.3 is 14.7 Å². The lowest BCUT2D eigenvalue weighted by Crippen LogP contribution is -2.05.